The Bertz CT molecular complexity index is 566. The Kier molecular flexibility index (Phi) is 3.86. The van der Waals surface area contributed by atoms with Gasteiger partial charge in [-0.2, -0.15) is 0 Å². The minimum Gasteiger partial charge on any atom is -0.497 e. The summed E-state index contributed by atoms with van der Waals surface area (Å²) in [5.74, 6) is 0.532. The van der Waals surface area contributed by atoms with Crippen LogP contribution >= 0.6 is 0 Å². The van der Waals surface area contributed by atoms with Gasteiger partial charge in [0, 0.05) is 5.54 Å². The maximum absolute atomic E-state index is 13.7. The van der Waals surface area contributed by atoms with Gasteiger partial charge in [-0.1, -0.05) is 30.3 Å². The summed E-state index contributed by atoms with van der Waals surface area (Å²) in [6.07, 6.45) is 0.437. The first kappa shape index (κ1) is 13.6. The highest BCUT2D eigenvalue weighted by Crippen LogP contribution is 2.26. The summed E-state index contributed by atoms with van der Waals surface area (Å²) in [4.78, 5) is 0. The third kappa shape index (κ3) is 3.12. The Balaban J connectivity index is 2.29. The van der Waals surface area contributed by atoms with Gasteiger partial charge in [-0.3, -0.25) is 0 Å². The van der Waals surface area contributed by atoms with Gasteiger partial charge in [0.2, 0.25) is 0 Å². The Morgan fingerprint density at radius 2 is 1.89 bits per heavy atom. The molecular formula is C16H18FNO. The first-order chi connectivity index (χ1) is 9.03. The highest BCUT2D eigenvalue weighted by molar-refractivity contribution is 5.34. The zero-order valence-electron chi connectivity index (χ0n) is 11.2. The van der Waals surface area contributed by atoms with Gasteiger partial charge < -0.3 is 10.5 Å². The molecule has 100 valence electrons. The predicted octanol–water partition coefficient (Wildman–Crippen LogP) is 3.25. The molecule has 0 aliphatic rings. The lowest BCUT2D eigenvalue weighted by atomic mass is 9.86. The average molecular weight is 259 g/mol. The molecule has 2 rings (SSSR count). The molecule has 0 aliphatic carbocycles. The summed E-state index contributed by atoms with van der Waals surface area (Å²) in [6, 6.07) is 14.3. The molecule has 0 amide bonds. The van der Waals surface area contributed by atoms with E-state index in [1.54, 1.807) is 19.2 Å². The van der Waals surface area contributed by atoms with Gasteiger partial charge in [0.1, 0.15) is 11.6 Å². The third-order valence-electron chi connectivity index (χ3n) is 3.24. The minimum absolute atomic E-state index is 0.220. The summed E-state index contributed by atoms with van der Waals surface area (Å²) in [5.41, 5.74) is 7.24. The van der Waals surface area contributed by atoms with Crippen molar-refractivity contribution >= 4 is 0 Å². The first-order valence-corrected chi connectivity index (χ1v) is 6.20. The molecular weight excluding hydrogens is 241 g/mol. The first-order valence-electron chi connectivity index (χ1n) is 6.20. The summed E-state index contributed by atoms with van der Waals surface area (Å²) in [5, 5.41) is 0. The molecule has 1 atom stereocenters. The van der Waals surface area contributed by atoms with Crippen molar-refractivity contribution < 1.29 is 9.13 Å². The number of rotatable bonds is 4. The fourth-order valence-corrected chi connectivity index (χ4v) is 2.12. The third-order valence-corrected chi connectivity index (χ3v) is 3.24. The molecule has 1 unspecified atom stereocenters. The zero-order chi connectivity index (χ0) is 13.9. The van der Waals surface area contributed by atoms with Crippen molar-refractivity contribution in [1.29, 1.82) is 0 Å². The number of nitrogens with two attached hydrogens (primary N) is 1. The van der Waals surface area contributed by atoms with Crippen LogP contribution in [-0.2, 0) is 12.0 Å². The number of ether oxygens (including phenoxy) is 1. The smallest absolute Gasteiger partial charge is 0.126 e. The van der Waals surface area contributed by atoms with Crippen LogP contribution in [0.2, 0.25) is 0 Å². The predicted molar refractivity (Wildman–Crippen MR) is 74.6 cm³/mol. The van der Waals surface area contributed by atoms with Crippen LogP contribution in [0.3, 0.4) is 0 Å². The van der Waals surface area contributed by atoms with E-state index in [2.05, 4.69) is 0 Å². The van der Waals surface area contributed by atoms with E-state index >= 15 is 0 Å². The molecule has 0 radical (unpaired) electrons. The number of methoxy groups -OCH3 is 1. The van der Waals surface area contributed by atoms with Crippen molar-refractivity contribution in [3.8, 4) is 5.75 Å². The van der Waals surface area contributed by atoms with Crippen LogP contribution in [0.5, 0.6) is 5.75 Å². The fourth-order valence-electron chi connectivity index (χ4n) is 2.12. The summed E-state index contributed by atoms with van der Waals surface area (Å²) >= 11 is 0. The molecule has 3 heteroatoms. The molecule has 2 nitrogen and oxygen atoms in total. The molecule has 2 aromatic rings. The molecule has 0 aromatic heterocycles. The van der Waals surface area contributed by atoms with Gasteiger partial charge >= 0.3 is 0 Å². The van der Waals surface area contributed by atoms with Crippen LogP contribution in [0.1, 0.15) is 18.1 Å². The van der Waals surface area contributed by atoms with E-state index < -0.39 is 5.54 Å². The minimum atomic E-state index is -0.642. The van der Waals surface area contributed by atoms with Gasteiger partial charge in [-0.15, -0.1) is 0 Å². The topological polar surface area (TPSA) is 35.2 Å². The molecule has 0 spiro atoms. The standard InChI is InChI=1S/C16H18FNO/c1-16(18,11-12-6-3-4-9-15(12)17)13-7-5-8-14(10-13)19-2/h3-10H,11,18H2,1-2H3. The van der Waals surface area contributed by atoms with E-state index in [1.807, 2.05) is 37.3 Å². The SMILES string of the molecule is COc1cccc(C(C)(N)Cc2ccccc2F)c1. The Morgan fingerprint density at radius 3 is 2.58 bits per heavy atom. The zero-order valence-corrected chi connectivity index (χ0v) is 11.2. The van der Waals surface area contributed by atoms with E-state index in [1.165, 1.54) is 6.07 Å². The largest absolute Gasteiger partial charge is 0.497 e. The normalized spacial score (nSPS) is 13.9. The van der Waals surface area contributed by atoms with Gasteiger partial charge in [-0.05, 0) is 42.7 Å². The number of hydrogen-bond acceptors (Lipinski definition) is 2. The van der Waals surface area contributed by atoms with Crippen molar-refractivity contribution in [2.45, 2.75) is 18.9 Å². The quantitative estimate of drug-likeness (QED) is 0.914. The van der Waals surface area contributed by atoms with Crippen molar-refractivity contribution in [3.63, 3.8) is 0 Å². The highest BCUT2D eigenvalue weighted by atomic mass is 19.1. The number of benzene rings is 2. The second-order valence-electron chi connectivity index (χ2n) is 4.92. The maximum atomic E-state index is 13.7. The van der Waals surface area contributed by atoms with Crippen LogP contribution in [0.25, 0.3) is 0 Å². The number of hydrogen-bond donors (Lipinski definition) is 1. The van der Waals surface area contributed by atoms with Crippen LogP contribution in [-0.4, -0.2) is 7.11 Å². The van der Waals surface area contributed by atoms with Crippen molar-refractivity contribution in [2.24, 2.45) is 5.73 Å². The Morgan fingerprint density at radius 1 is 1.16 bits per heavy atom. The van der Waals surface area contributed by atoms with E-state index in [-0.39, 0.29) is 5.82 Å². The lowest BCUT2D eigenvalue weighted by Gasteiger charge is -2.26. The fraction of sp³-hybridized carbons (Fsp3) is 0.250. The summed E-state index contributed by atoms with van der Waals surface area (Å²) in [6.45, 7) is 1.90. The summed E-state index contributed by atoms with van der Waals surface area (Å²) < 4.78 is 18.9. The molecule has 2 aromatic carbocycles. The maximum Gasteiger partial charge on any atom is 0.126 e. The average Bonchev–Trinajstić information content (AvgIpc) is 2.41. The second-order valence-corrected chi connectivity index (χ2v) is 4.92. The molecule has 2 N–H and O–H groups in total. The van der Waals surface area contributed by atoms with Crippen molar-refractivity contribution in [3.05, 3.63) is 65.5 Å². The summed E-state index contributed by atoms with van der Waals surface area (Å²) in [7, 11) is 1.61. The van der Waals surface area contributed by atoms with Crippen LogP contribution in [0, 0.1) is 5.82 Å². The molecule has 19 heavy (non-hydrogen) atoms. The lowest BCUT2D eigenvalue weighted by molar-refractivity contribution is 0.410. The van der Waals surface area contributed by atoms with Crippen LogP contribution in [0.15, 0.2) is 48.5 Å². The van der Waals surface area contributed by atoms with Gasteiger partial charge in [-0.25, -0.2) is 4.39 Å². The van der Waals surface area contributed by atoms with E-state index in [4.69, 9.17) is 10.5 Å². The Hall–Kier alpha value is -1.87. The van der Waals surface area contributed by atoms with Gasteiger partial charge in [0.15, 0.2) is 0 Å². The van der Waals surface area contributed by atoms with Crippen molar-refractivity contribution in [1.82, 2.24) is 0 Å². The van der Waals surface area contributed by atoms with E-state index in [0.29, 0.717) is 12.0 Å². The Labute approximate surface area is 113 Å². The van der Waals surface area contributed by atoms with Crippen LogP contribution in [0.4, 0.5) is 4.39 Å². The monoisotopic (exact) mass is 259 g/mol. The molecule has 0 fully saturated rings. The van der Waals surface area contributed by atoms with E-state index in [9.17, 15) is 4.39 Å². The van der Waals surface area contributed by atoms with Gasteiger partial charge in [0.05, 0.1) is 7.11 Å². The number of halogens is 1. The lowest BCUT2D eigenvalue weighted by Crippen LogP contribution is -2.35. The van der Waals surface area contributed by atoms with E-state index in [0.717, 1.165) is 11.3 Å². The second kappa shape index (κ2) is 5.41. The molecule has 0 heterocycles. The molecule has 0 aliphatic heterocycles. The highest BCUT2D eigenvalue weighted by Gasteiger charge is 2.23. The molecule has 0 bridgehead atoms. The van der Waals surface area contributed by atoms with Crippen LogP contribution < -0.4 is 10.5 Å². The van der Waals surface area contributed by atoms with Gasteiger partial charge in [0.25, 0.3) is 0 Å². The molecule has 0 saturated heterocycles. The molecule has 0 saturated carbocycles. The van der Waals surface area contributed by atoms with Crippen molar-refractivity contribution in [2.75, 3.05) is 7.11 Å².